The Morgan fingerprint density at radius 2 is 1.93 bits per heavy atom. The molecule has 0 spiro atoms. The molecule has 1 heterocycles. The lowest BCUT2D eigenvalue weighted by molar-refractivity contribution is -0.111. The Morgan fingerprint density at radius 1 is 1.15 bits per heavy atom. The summed E-state index contributed by atoms with van der Waals surface area (Å²) in [5, 5.41) is 13.9. The molecule has 1 aromatic heterocycles. The summed E-state index contributed by atoms with van der Waals surface area (Å²) in [6, 6.07) is 12.2. The Kier molecular flexibility index (Phi) is 5.36. The number of nitrogens with zero attached hydrogens (tertiary/aromatic N) is 4. The van der Waals surface area contributed by atoms with E-state index in [-0.39, 0.29) is 5.91 Å². The van der Waals surface area contributed by atoms with Crippen molar-refractivity contribution < 1.29 is 14.3 Å². The summed E-state index contributed by atoms with van der Waals surface area (Å²) in [6.45, 7) is 1.91. The second-order valence-corrected chi connectivity index (χ2v) is 5.69. The number of methoxy groups -OCH3 is 1. The van der Waals surface area contributed by atoms with Gasteiger partial charge in [-0.15, -0.1) is 5.10 Å². The number of amides is 1. The van der Waals surface area contributed by atoms with E-state index in [1.807, 2.05) is 19.1 Å². The highest BCUT2D eigenvalue weighted by atomic mass is 16.5. The standard InChI is InChI=1S/C19H17N5O3/c1-13-11-16(8-9-17(13)24-12-20-22-23-24)21-18(25)10-5-14-3-6-15(7-4-14)19(26)27-2/h3-12H,1-2H3,(H,21,25)/b10-5+. The van der Waals surface area contributed by atoms with Gasteiger partial charge in [0.05, 0.1) is 18.4 Å². The lowest BCUT2D eigenvalue weighted by Crippen LogP contribution is -2.08. The number of esters is 1. The number of aryl methyl sites for hydroxylation is 1. The number of benzene rings is 2. The number of anilines is 1. The summed E-state index contributed by atoms with van der Waals surface area (Å²) < 4.78 is 6.20. The second-order valence-electron chi connectivity index (χ2n) is 5.69. The first-order valence-electron chi connectivity index (χ1n) is 8.08. The first-order valence-corrected chi connectivity index (χ1v) is 8.08. The van der Waals surface area contributed by atoms with Crippen LogP contribution in [0.15, 0.2) is 54.9 Å². The van der Waals surface area contributed by atoms with Crippen LogP contribution in [0.4, 0.5) is 5.69 Å². The van der Waals surface area contributed by atoms with E-state index in [1.54, 1.807) is 41.1 Å². The van der Waals surface area contributed by atoms with Gasteiger partial charge in [-0.25, -0.2) is 9.48 Å². The predicted molar refractivity (Wildman–Crippen MR) is 99.3 cm³/mol. The number of carbonyl (C=O) groups excluding carboxylic acids is 2. The maximum Gasteiger partial charge on any atom is 0.337 e. The number of hydrogen-bond acceptors (Lipinski definition) is 6. The van der Waals surface area contributed by atoms with Crippen LogP contribution in [0.5, 0.6) is 0 Å². The normalized spacial score (nSPS) is 10.7. The fourth-order valence-electron chi connectivity index (χ4n) is 2.47. The van der Waals surface area contributed by atoms with Crippen molar-refractivity contribution in [2.75, 3.05) is 12.4 Å². The van der Waals surface area contributed by atoms with E-state index in [4.69, 9.17) is 0 Å². The summed E-state index contributed by atoms with van der Waals surface area (Å²) in [4.78, 5) is 23.5. The zero-order valence-corrected chi connectivity index (χ0v) is 14.8. The first kappa shape index (κ1) is 18.0. The summed E-state index contributed by atoms with van der Waals surface area (Å²) in [5.41, 5.74) is 3.67. The van der Waals surface area contributed by atoms with E-state index in [1.165, 1.54) is 19.5 Å². The maximum atomic E-state index is 12.1. The molecule has 1 N–H and O–H groups in total. The fraction of sp³-hybridized carbons (Fsp3) is 0.105. The van der Waals surface area contributed by atoms with Crippen molar-refractivity contribution in [3.05, 3.63) is 71.6 Å². The second kappa shape index (κ2) is 8.05. The maximum absolute atomic E-state index is 12.1. The number of nitrogens with one attached hydrogen (secondary N) is 1. The topological polar surface area (TPSA) is 99.0 Å². The molecule has 2 aromatic carbocycles. The van der Waals surface area contributed by atoms with E-state index in [0.29, 0.717) is 11.3 Å². The molecule has 0 aliphatic heterocycles. The van der Waals surface area contributed by atoms with Crippen LogP contribution in [0.25, 0.3) is 11.8 Å². The summed E-state index contributed by atoms with van der Waals surface area (Å²) >= 11 is 0. The summed E-state index contributed by atoms with van der Waals surface area (Å²) in [5.74, 6) is -0.662. The van der Waals surface area contributed by atoms with Crippen LogP contribution in [0.2, 0.25) is 0 Å². The molecule has 0 unspecified atom stereocenters. The third-order valence-electron chi connectivity index (χ3n) is 3.82. The van der Waals surface area contributed by atoms with Gasteiger partial charge in [0.1, 0.15) is 6.33 Å². The SMILES string of the molecule is COC(=O)c1ccc(/C=C/C(=O)Nc2ccc(-n3cnnn3)c(C)c2)cc1. The minimum absolute atomic E-state index is 0.262. The molecule has 8 heteroatoms. The van der Waals surface area contributed by atoms with Crippen LogP contribution in [-0.4, -0.2) is 39.2 Å². The zero-order valence-electron chi connectivity index (χ0n) is 14.8. The van der Waals surface area contributed by atoms with E-state index >= 15 is 0 Å². The van der Waals surface area contributed by atoms with Gasteiger partial charge in [-0.2, -0.15) is 0 Å². The molecule has 0 saturated heterocycles. The molecule has 136 valence electrons. The largest absolute Gasteiger partial charge is 0.465 e. The number of ether oxygens (including phenoxy) is 1. The molecular formula is C19H17N5O3. The molecule has 27 heavy (non-hydrogen) atoms. The van der Waals surface area contributed by atoms with Crippen molar-refractivity contribution in [3.63, 3.8) is 0 Å². The lowest BCUT2D eigenvalue weighted by atomic mass is 10.1. The molecular weight excluding hydrogens is 346 g/mol. The van der Waals surface area contributed by atoms with Crippen LogP contribution in [0.1, 0.15) is 21.5 Å². The number of hydrogen-bond donors (Lipinski definition) is 1. The van der Waals surface area contributed by atoms with Gasteiger partial charge in [-0.1, -0.05) is 12.1 Å². The molecule has 0 radical (unpaired) electrons. The van der Waals surface area contributed by atoms with Crippen LogP contribution in [0.3, 0.4) is 0 Å². The van der Waals surface area contributed by atoms with E-state index in [0.717, 1.165) is 16.8 Å². The number of tetrazole rings is 1. The number of aromatic nitrogens is 4. The van der Waals surface area contributed by atoms with Gasteiger partial charge in [0, 0.05) is 11.8 Å². The third-order valence-corrected chi connectivity index (χ3v) is 3.82. The molecule has 8 nitrogen and oxygen atoms in total. The zero-order chi connectivity index (χ0) is 19.2. The predicted octanol–water partition coefficient (Wildman–Crippen LogP) is 2.41. The third kappa shape index (κ3) is 4.43. The van der Waals surface area contributed by atoms with Crippen molar-refractivity contribution >= 4 is 23.6 Å². The first-order chi connectivity index (χ1) is 13.1. The monoisotopic (exact) mass is 363 g/mol. The van der Waals surface area contributed by atoms with Crippen LogP contribution < -0.4 is 5.32 Å². The van der Waals surface area contributed by atoms with Gasteiger partial charge in [0.25, 0.3) is 0 Å². The smallest absolute Gasteiger partial charge is 0.337 e. The highest BCUT2D eigenvalue weighted by molar-refractivity contribution is 6.02. The molecule has 0 atom stereocenters. The van der Waals surface area contributed by atoms with Gasteiger partial charge in [-0.3, -0.25) is 4.79 Å². The molecule has 0 aliphatic carbocycles. The van der Waals surface area contributed by atoms with Crippen molar-refractivity contribution in [1.82, 2.24) is 20.2 Å². The Morgan fingerprint density at radius 3 is 2.56 bits per heavy atom. The molecule has 1 amide bonds. The highest BCUT2D eigenvalue weighted by Crippen LogP contribution is 2.18. The van der Waals surface area contributed by atoms with Crippen LogP contribution in [0, 0.1) is 6.92 Å². The van der Waals surface area contributed by atoms with Gasteiger partial charge < -0.3 is 10.1 Å². The average molecular weight is 363 g/mol. The van der Waals surface area contributed by atoms with Crippen LogP contribution >= 0.6 is 0 Å². The molecule has 3 aromatic rings. The van der Waals surface area contributed by atoms with Gasteiger partial charge in [-0.05, 0) is 64.9 Å². The van der Waals surface area contributed by atoms with Crippen molar-refractivity contribution in [3.8, 4) is 5.69 Å². The van der Waals surface area contributed by atoms with E-state index in [9.17, 15) is 9.59 Å². The van der Waals surface area contributed by atoms with Crippen molar-refractivity contribution in [2.45, 2.75) is 6.92 Å². The Hall–Kier alpha value is -3.81. The highest BCUT2D eigenvalue weighted by Gasteiger charge is 2.06. The minimum atomic E-state index is -0.399. The quantitative estimate of drug-likeness (QED) is 0.552. The summed E-state index contributed by atoms with van der Waals surface area (Å²) in [6.07, 6.45) is 4.60. The van der Waals surface area contributed by atoms with E-state index < -0.39 is 5.97 Å². The Labute approximate surface area is 155 Å². The van der Waals surface area contributed by atoms with Gasteiger partial charge in [0.15, 0.2) is 0 Å². The van der Waals surface area contributed by atoms with Crippen molar-refractivity contribution in [2.24, 2.45) is 0 Å². The van der Waals surface area contributed by atoms with E-state index in [2.05, 4.69) is 25.6 Å². The van der Waals surface area contributed by atoms with Gasteiger partial charge in [0.2, 0.25) is 5.91 Å². The molecule has 0 bridgehead atoms. The lowest BCUT2D eigenvalue weighted by Gasteiger charge is -2.08. The Bertz CT molecular complexity index is 979. The molecule has 0 fully saturated rings. The molecule has 3 rings (SSSR count). The summed E-state index contributed by atoms with van der Waals surface area (Å²) in [7, 11) is 1.33. The van der Waals surface area contributed by atoms with Gasteiger partial charge >= 0.3 is 5.97 Å². The molecule has 0 saturated carbocycles. The number of rotatable bonds is 5. The fourth-order valence-corrected chi connectivity index (χ4v) is 2.47. The van der Waals surface area contributed by atoms with Crippen LogP contribution in [-0.2, 0) is 9.53 Å². The molecule has 0 aliphatic rings. The average Bonchev–Trinajstić information content (AvgIpc) is 3.20. The number of carbonyl (C=O) groups is 2. The minimum Gasteiger partial charge on any atom is -0.465 e. The Balaban J connectivity index is 1.64. The van der Waals surface area contributed by atoms with Crippen molar-refractivity contribution in [1.29, 1.82) is 0 Å².